The second kappa shape index (κ2) is 4.99. The van der Waals surface area contributed by atoms with Gasteiger partial charge in [-0.25, -0.2) is 4.90 Å². The Morgan fingerprint density at radius 2 is 1.53 bits per heavy atom. The lowest BCUT2D eigenvalue weighted by molar-refractivity contribution is -0.114. The van der Waals surface area contributed by atoms with Crippen LogP contribution in [0.4, 0.5) is 5.69 Å². The molecule has 0 heterocycles. The van der Waals surface area contributed by atoms with Crippen LogP contribution in [0.15, 0.2) is 18.2 Å². The van der Waals surface area contributed by atoms with Gasteiger partial charge in [0, 0.05) is 0 Å². The Balaban J connectivity index is 3.32. The first-order valence-electron chi connectivity index (χ1n) is 4.18. The monoisotopic (exact) mass is 209 g/mol. The summed E-state index contributed by atoms with van der Waals surface area (Å²) in [5.41, 5.74) is 0.299. The van der Waals surface area contributed by atoms with Crippen LogP contribution in [0.5, 0.6) is 11.5 Å². The number of para-hydroxylation sites is 1. The lowest BCUT2D eigenvalue weighted by Gasteiger charge is -2.16. The van der Waals surface area contributed by atoms with Crippen LogP contribution in [0.25, 0.3) is 0 Å². The maximum Gasteiger partial charge on any atom is 0.220 e. The lowest BCUT2D eigenvalue weighted by Crippen LogP contribution is -2.19. The SMILES string of the molecule is COc1cccc(OC)c1N(C=O)C=O. The highest BCUT2D eigenvalue weighted by molar-refractivity contribution is 5.99. The molecule has 0 aromatic heterocycles. The quantitative estimate of drug-likeness (QED) is 0.674. The van der Waals surface area contributed by atoms with Crippen molar-refractivity contribution in [1.29, 1.82) is 0 Å². The summed E-state index contributed by atoms with van der Waals surface area (Å²) in [6.07, 6.45) is 0.792. The zero-order valence-corrected chi connectivity index (χ0v) is 8.47. The van der Waals surface area contributed by atoms with E-state index in [1.807, 2.05) is 0 Å². The van der Waals surface area contributed by atoms with Crippen molar-refractivity contribution in [2.75, 3.05) is 19.1 Å². The minimum Gasteiger partial charge on any atom is -0.494 e. The number of carbonyl (C=O) groups excluding carboxylic acids is 2. The number of hydrogen-bond donors (Lipinski definition) is 0. The molecule has 0 fully saturated rings. The van der Waals surface area contributed by atoms with Crippen LogP contribution in [-0.4, -0.2) is 27.0 Å². The smallest absolute Gasteiger partial charge is 0.220 e. The summed E-state index contributed by atoms with van der Waals surface area (Å²) >= 11 is 0. The van der Waals surface area contributed by atoms with Crippen LogP contribution >= 0.6 is 0 Å². The fourth-order valence-corrected chi connectivity index (χ4v) is 1.22. The molecule has 2 amide bonds. The van der Waals surface area contributed by atoms with Gasteiger partial charge in [0.2, 0.25) is 12.8 Å². The molecule has 1 aromatic rings. The van der Waals surface area contributed by atoms with Crippen molar-refractivity contribution in [1.82, 2.24) is 0 Å². The summed E-state index contributed by atoms with van der Waals surface area (Å²) in [5, 5.41) is 0. The van der Waals surface area contributed by atoms with Gasteiger partial charge < -0.3 is 9.47 Å². The zero-order chi connectivity index (χ0) is 11.3. The van der Waals surface area contributed by atoms with Crippen molar-refractivity contribution >= 4 is 18.5 Å². The molecule has 5 nitrogen and oxygen atoms in total. The van der Waals surface area contributed by atoms with E-state index >= 15 is 0 Å². The minimum atomic E-state index is 0.299. The van der Waals surface area contributed by atoms with Crippen molar-refractivity contribution < 1.29 is 19.1 Å². The Kier molecular flexibility index (Phi) is 3.68. The number of benzene rings is 1. The number of methoxy groups -OCH3 is 2. The number of hydrogen-bond acceptors (Lipinski definition) is 4. The maximum atomic E-state index is 10.7. The fraction of sp³-hybridized carbons (Fsp3) is 0.200. The number of ether oxygens (including phenoxy) is 2. The summed E-state index contributed by atoms with van der Waals surface area (Å²) in [7, 11) is 2.90. The Labute approximate surface area is 87.2 Å². The highest BCUT2D eigenvalue weighted by Gasteiger charge is 2.16. The predicted molar refractivity (Wildman–Crippen MR) is 54.2 cm³/mol. The largest absolute Gasteiger partial charge is 0.494 e. The number of amides is 2. The van der Waals surface area contributed by atoms with Crippen molar-refractivity contribution in [3.8, 4) is 11.5 Å². The molecule has 0 spiro atoms. The van der Waals surface area contributed by atoms with Crippen molar-refractivity contribution in [2.24, 2.45) is 0 Å². The summed E-state index contributed by atoms with van der Waals surface area (Å²) < 4.78 is 10.1. The van der Waals surface area contributed by atoms with Gasteiger partial charge in [0.05, 0.1) is 14.2 Å². The van der Waals surface area contributed by atoms with Gasteiger partial charge in [-0.15, -0.1) is 0 Å². The predicted octanol–water partition coefficient (Wildman–Crippen LogP) is 0.823. The van der Waals surface area contributed by atoms with Crippen molar-refractivity contribution in [2.45, 2.75) is 0 Å². The van der Waals surface area contributed by atoms with Crippen LogP contribution < -0.4 is 14.4 Å². The van der Waals surface area contributed by atoms with Gasteiger partial charge in [0.1, 0.15) is 17.2 Å². The molecule has 0 atom stereocenters. The van der Waals surface area contributed by atoms with Gasteiger partial charge in [0.15, 0.2) is 0 Å². The van der Waals surface area contributed by atoms with Crippen LogP contribution in [0.1, 0.15) is 0 Å². The Morgan fingerprint density at radius 1 is 1.07 bits per heavy atom. The molecule has 0 unspecified atom stereocenters. The molecule has 1 aromatic carbocycles. The molecule has 5 heteroatoms. The van der Waals surface area contributed by atoms with Crippen LogP contribution in [-0.2, 0) is 9.59 Å². The molecule has 0 N–H and O–H groups in total. The Bertz CT molecular complexity index is 334. The third-order valence-corrected chi connectivity index (χ3v) is 1.89. The second-order valence-electron chi connectivity index (χ2n) is 2.63. The Hall–Kier alpha value is -2.04. The van der Waals surface area contributed by atoms with E-state index in [0.29, 0.717) is 30.0 Å². The standard InChI is InChI=1S/C10H11NO4/c1-14-8-4-3-5-9(15-2)10(8)11(6-12)7-13/h3-7H,1-2H3. The molecule has 0 bridgehead atoms. The average Bonchev–Trinajstić information content (AvgIpc) is 2.30. The molecule has 0 radical (unpaired) electrons. The van der Waals surface area contributed by atoms with E-state index in [1.54, 1.807) is 18.2 Å². The lowest BCUT2D eigenvalue weighted by atomic mass is 10.2. The fourth-order valence-electron chi connectivity index (χ4n) is 1.22. The summed E-state index contributed by atoms with van der Waals surface area (Å²) in [5.74, 6) is 0.794. The Morgan fingerprint density at radius 3 is 1.87 bits per heavy atom. The van der Waals surface area contributed by atoms with E-state index in [0.717, 1.165) is 4.90 Å². The topological polar surface area (TPSA) is 55.8 Å². The van der Waals surface area contributed by atoms with Gasteiger partial charge in [-0.2, -0.15) is 0 Å². The first-order chi connectivity index (χ1) is 7.28. The number of rotatable bonds is 5. The third-order valence-electron chi connectivity index (χ3n) is 1.89. The molecule has 0 aliphatic heterocycles. The van der Waals surface area contributed by atoms with Crippen molar-refractivity contribution in [3.05, 3.63) is 18.2 Å². The molecule has 1 rings (SSSR count). The van der Waals surface area contributed by atoms with E-state index in [2.05, 4.69) is 0 Å². The van der Waals surface area contributed by atoms with Crippen LogP contribution in [0.3, 0.4) is 0 Å². The number of nitrogens with zero attached hydrogens (tertiary/aromatic N) is 1. The number of anilines is 1. The molecule has 0 saturated carbocycles. The highest BCUT2D eigenvalue weighted by Crippen LogP contribution is 2.36. The molecule has 0 aliphatic carbocycles. The summed E-state index contributed by atoms with van der Waals surface area (Å²) in [4.78, 5) is 22.2. The van der Waals surface area contributed by atoms with Gasteiger partial charge >= 0.3 is 0 Å². The zero-order valence-electron chi connectivity index (χ0n) is 8.47. The van der Waals surface area contributed by atoms with Gasteiger partial charge in [-0.05, 0) is 12.1 Å². The van der Waals surface area contributed by atoms with E-state index in [4.69, 9.17) is 9.47 Å². The van der Waals surface area contributed by atoms with Crippen LogP contribution in [0.2, 0.25) is 0 Å². The molecule has 0 saturated heterocycles. The molecule has 15 heavy (non-hydrogen) atoms. The van der Waals surface area contributed by atoms with Gasteiger partial charge in [-0.1, -0.05) is 6.07 Å². The van der Waals surface area contributed by atoms with E-state index in [-0.39, 0.29) is 0 Å². The van der Waals surface area contributed by atoms with E-state index in [9.17, 15) is 9.59 Å². The van der Waals surface area contributed by atoms with Gasteiger partial charge in [0.25, 0.3) is 0 Å². The normalized spacial score (nSPS) is 9.20. The average molecular weight is 209 g/mol. The first kappa shape index (κ1) is 11.0. The molecule has 0 aliphatic rings. The van der Waals surface area contributed by atoms with Crippen molar-refractivity contribution in [3.63, 3.8) is 0 Å². The summed E-state index contributed by atoms with van der Waals surface area (Å²) in [6.45, 7) is 0. The van der Waals surface area contributed by atoms with Crippen LogP contribution in [0, 0.1) is 0 Å². The van der Waals surface area contributed by atoms with Gasteiger partial charge in [-0.3, -0.25) is 9.59 Å². The molecule has 80 valence electrons. The molecular weight excluding hydrogens is 198 g/mol. The molecular formula is C10H11NO4. The highest BCUT2D eigenvalue weighted by atomic mass is 16.5. The third kappa shape index (κ3) is 2.07. The number of imide groups is 1. The first-order valence-corrected chi connectivity index (χ1v) is 4.18. The second-order valence-corrected chi connectivity index (χ2v) is 2.63. The minimum absolute atomic E-state index is 0.299. The van der Waals surface area contributed by atoms with E-state index in [1.165, 1.54) is 14.2 Å². The maximum absolute atomic E-state index is 10.7. The van der Waals surface area contributed by atoms with E-state index < -0.39 is 0 Å². The summed E-state index contributed by atoms with van der Waals surface area (Å²) in [6, 6.07) is 4.98. The number of carbonyl (C=O) groups is 2.